The summed E-state index contributed by atoms with van der Waals surface area (Å²) in [6, 6.07) is 11.4. The molecule has 0 aromatic heterocycles. The van der Waals surface area contributed by atoms with E-state index in [1.54, 1.807) is 36.4 Å². The minimum absolute atomic E-state index is 0.185. The highest BCUT2D eigenvalue weighted by Crippen LogP contribution is 2.26. The summed E-state index contributed by atoms with van der Waals surface area (Å²) >= 11 is 3.29. The van der Waals surface area contributed by atoms with Gasteiger partial charge in [0.2, 0.25) is 5.91 Å². The molecule has 2 aromatic rings. The first-order valence-corrected chi connectivity index (χ1v) is 9.42. The Bertz CT molecular complexity index is 901. The molecule has 0 saturated carbocycles. The Kier molecular flexibility index (Phi) is 6.01. The molecule has 0 spiro atoms. The van der Waals surface area contributed by atoms with E-state index in [4.69, 9.17) is 0 Å². The molecule has 1 N–H and O–H groups in total. The molecule has 0 saturated heterocycles. The molecule has 7 heteroatoms. The Morgan fingerprint density at radius 1 is 1.07 bits per heavy atom. The van der Waals surface area contributed by atoms with E-state index in [2.05, 4.69) is 21.2 Å². The molecule has 0 atom stereocenters. The first kappa shape index (κ1) is 19.2. The molecule has 3 amide bonds. The minimum Gasteiger partial charge on any atom is -0.356 e. The number of fused-ring (bicyclic) bond motifs is 1. The van der Waals surface area contributed by atoms with Crippen LogP contribution in [0.3, 0.4) is 0 Å². The molecule has 3 rings (SSSR count). The fourth-order valence-corrected chi connectivity index (χ4v) is 3.35. The molecule has 1 heterocycles. The van der Waals surface area contributed by atoms with Crippen molar-refractivity contribution < 1.29 is 18.8 Å². The highest BCUT2D eigenvalue weighted by atomic mass is 79.9. The second kappa shape index (κ2) is 8.43. The minimum atomic E-state index is -0.337. The largest absolute Gasteiger partial charge is 0.356 e. The third-order valence-corrected chi connectivity index (χ3v) is 4.89. The van der Waals surface area contributed by atoms with E-state index < -0.39 is 0 Å². The van der Waals surface area contributed by atoms with Gasteiger partial charge in [0.25, 0.3) is 11.8 Å². The summed E-state index contributed by atoms with van der Waals surface area (Å²) < 4.78 is 14.3. The average molecular weight is 433 g/mol. The van der Waals surface area contributed by atoms with Crippen LogP contribution in [-0.2, 0) is 11.2 Å². The molecule has 0 fully saturated rings. The highest BCUT2D eigenvalue weighted by molar-refractivity contribution is 9.10. The number of imide groups is 1. The maximum Gasteiger partial charge on any atom is 0.261 e. The summed E-state index contributed by atoms with van der Waals surface area (Å²) in [6.07, 6.45) is 0.970. The number of carbonyl (C=O) groups excluding carboxylic acids is 3. The van der Waals surface area contributed by atoms with E-state index in [1.807, 2.05) is 0 Å². The smallest absolute Gasteiger partial charge is 0.261 e. The Morgan fingerprint density at radius 2 is 1.81 bits per heavy atom. The third kappa shape index (κ3) is 4.42. The SMILES string of the molecule is O=C(CCCN1C(=O)c2ccc(Br)cc2C1=O)NCCc1ccccc1F. The van der Waals surface area contributed by atoms with Gasteiger partial charge in [0.1, 0.15) is 5.82 Å². The van der Waals surface area contributed by atoms with Crippen molar-refractivity contribution in [3.63, 3.8) is 0 Å². The molecule has 5 nitrogen and oxygen atoms in total. The van der Waals surface area contributed by atoms with Gasteiger partial charge in [0.15, 0.2) is 0 Å². The van der Waals surface area contributed by atoms with Crippen LogP contribution in [0.2, 0.25) is 0 Å². The lowest BCUT2D eigenvalue weighted by Gasteiger charge is -2.13. The number of benzene rings is 2. The number of nitrogens with zero attached hydrogens (tertiary/aromatic N) is 1. The van der Waals surface area contributed by atoms with Crippen LogP contribution in [-0.4, -0.2) is 35.7 Å². The molecule has 27 heavy (non-hydrogen) atoms. The van der Waals surface area contributed by atoms with Gasteiger partial charge in [-0.25, -0.2) is 4.39 Å². The summed E-state index contributed by atoms with van der Waals surface area (Å²) in [4.78, 5) is 37.7. The number of hydrogen-bond acceptors (Lipinski definition) is 3. The summed E-state index contributed by atoms with van der Waals surface area (Å²) in [6.45, 7) is 0.519. The highest BCUT2D eigenvalue weighted by Gasteiger charge is 2.35. The van der Waals surface area contributed by atoms with Crippen molar-refractivity contribution in [1.82, 2.24) is 10.2 Å². The number of rotatable bonds is 7. The van der Waals surface area contributed by atoms with Gasteiger partial charge in [-0.15, -0.1) is 0 Å². The Labute approximate surface area is 164 Å². The second-order valence-corrected chi connectivity index (χ2v) is 7.16. The molecular weight excluding hydrogens is 415 g/mol. The monoisotopic (exact) mass is 432 g/mol. The van der Waals surface area contributed by atoms with E-state index >= 15 is 0 Å². The van der Waals surface area contributed by atoms with Gasteiger partial charge in [-0.3, -0.25) is 19.3 Å². The summed E-state index contributed by atoms with van der Waals surface area (Å²) in [7, 11) is 0. The van der Waals surface area contributed by atoms with E-state index in [0.717, 1.165) is 4.47 Å². The van der Waals surface area contributed by atoms with E-state index in [-0.39, 0.29) is 36.5 Å². The van der Waals surface area contributed by atoms with Crippen molar-refractivity contribution in [2.45, 2.75) is 19.3 Å². The number of amides is 3. The zero-order valence-corrected chi connectivity index (χ0v) is 16.1. The normalized spacial score (nSPS) is 13.0. The first-order valence-electron chi connectivity index (χ1n) is 8.63. The van der Waals surface area contributed by atoms with Crippen LogP contribution >= 0.6 is 15.9 Å². The topological polar surface area (TPSA) is 66.5 Å². The van der Waals surface area contributed by atoms with Crippen LogP contribution in [0.5, 0.6) is 0 Å². The van der Waals surface area contributed by atoms with Crippen molar-refractivity contribution >= 4 is 33.7 Å². The number of halogens is 2. The zero-order valence-electron chi connectivity index (χ0n) is 14.5. The molecule has 140 valence electrons. The lowest BCUT2D eigenvalue weighted by Crippen LogP contribution is -2.32. The van der Waals surface area contributed by atoms with E-state index in [9.17, 15) is 18.8 Å². The van der Waals surface area contributed by atoms with Crippen molar-refractivity contribution in [2.24, 2.45) is 0 Å². The van der Waals surface area contributed by atoms with Gasteiger partial charge in [0.05, 0.1) is 11.1 Å². The maximum atomic E-state index is 13.5. The van der Waals surface area contributed by atoms with Crippen molar-refractivity contribution in [3.05, 3.63) is 69.4 Å². The van der Waals surface area contributed by atoms with E-state index in [0.29, 0.717) is 36.1 Å². The lowest BCUT2D eigenvalue weighted by atomic mass is 10.1. The number of nitrogens with one attached hydrogen (secondary N) is 1. The lowest BCUT2D eigenvalue weighted by molar-refractivity contribution is -0.121. The Hall–Kier alpha value is -2.54. The van der Waals surface area contributed by atoms with Gasteiger partial charge < -0.3 is 5.32 Å². The molecule has 1 aliphatic rings. The van der Waals surface area contributed by atoms with Crippen LogP contribution in [0.25, 0.3) is 0 Å². The predicted octanol–water partition coefficient (Wildman–Crippen LogP) is 3.32. The summed E-state index contributed by atoms with van der Waals surface area (Å²) in [5.41, 5.74) is 1.32. The summed E-state index contributed by atoms with van der Waals surface area (Å²) in [5.74, 6) is -1.14. The first-order chi connectivity index (χ1) is 13.0. The van der Waals surface area contributed by atoms with Crippen LogP contribution in [0.1, 0.15) is 39.1 Å². The summed E-state index contributed by atoms with van der Waals surface area (Å²) in [5, 5.41) is 2.73. The van der Waals surface area contributed by atoms with Crippen LogP contribution in [0.4, 0.5) is 4.39 Å². The van der Waals surface area contributed by atoms with Crippen molar-refractivity contribution in [2.75, 3.05) is 13.1 Å². The number of hydrogen-bond donors (Lipinski definition) is 1. The van der Waals surface area contributed by atoms with Gasteiger partial charge in [0, 0.05) is 24.0 Å². The van der Waals surface area contributed by atoms with E-state index in [1.165, 1.54) is 11.0 Å². The molecule has 0 radical (unpaired) electrons. The molecule has 1 aliphatic heterocycles. The van der Waals surface area contributed by atoms with Gasteiger partial charge >= 0.3 is 0 Å². The fraction of sp³-hybridized carbons (Fsp3) is 0.250. The maximum absolute atomic E-state index is 13.5. The third-order valence-electron chi connectivity index (χ3n) is 4.39. The number of carbonyl (C=O) groups is 3. The Morgan fingerprint density at radius 3 is 2.59 bits per heavy atom. The van der Waals surface area contributed by atoms with Crippen LogP contribution in [0.15, 0.2) is 46.9 Å². The molecule has 2 aromatic carbocycles. The van der Waals surface area contributed by atoms with Crippen LogP contribution in [0, 0.1) is 5.82 Å². The molecular formula is C20H18BrFN2O3. The van der Waals surface area contributed by atoms with Crippen LogP contribution < -0.4 is 5.32 Å². The Balaban J connectivity index is 1.43. The van der Waals surface area contributed by atoms with Gasteiger partial charge in [-0.05, 0) is 42.7 Å². The zero-order chi connectivity index (χ0) is 19.4. The molecule has 0 unspecified atom stereocenters. The quantitative estimate of drug-likeness (QED) is 0.682. The standard InChI is InChI=1S/C20H18BrFN2O3/c21-14-7-8-15-16(12-14)20(27)24(19(15)26)11-3-6-18(25)23-10-9-13-4-1-2-5-17(13)22/h1-2,4-5,7-8,12H,3,6,9-11H2,(H,23,25). The fourth-order valence-electron chi connectivity index (χ4n) is 2.99. The van der Waals surface area contributed by atoms with Gasteiger partial charge in [-0.1, -0.05) is 34.1 Å². The predicted molar refractivity (Wildman–Crippen MR) is 102 cm³/mol. The average Bonchev–Trinajstić information content (AvgIpc) is 2.87. The van der Waals surface area contributed by atoms with Crippen molar-refractivity contribution in [3.8, 4) is 0 Å². The molecule has 0 bridgehead atoms. The van der Waals surface area contributed by atoms with Crippen molar-refractivity contribution in [1.29, 1.82) is 0 Å². The van der Waals surface area contributed by atoms with Gasteiger partial charge in [-0.2, -0.15) is 0 Å². The molecule has 0 aliphatic carbocycles. The second-order valence-electron chi connectivity index (χ2n) is 6.25.